The number of aliphatic carboxylic acids is 1. The number of hydrogen-bond acceptors (Lipinski definition) is 6. The van der Waals surface area contributed by atoms with Gasteiger partial charge in [0, 0.05) is 11.8 Å². The molecule has 0 amide bonds. The molecule has 1 heterocycles. The first-order valence-corrected chi connectivity index (χ1v) is 6.77. The summed E-state index contributed by atoms with van der Waals surface area (Å²) in [7, 11) is 1.28. The van der Waals surface area contributed by atoms with E-state index in [-0.39, 0.29) is 12.1 Å². The number of aromatic nitrogens is 2. The van der Waals surface area contributed by atoms with Crippen molar-refractivity contribution in [2.45, 2.75) is 32.7 Å². The number of carboxylic acid groups (broad SMARTS) is 1. The number of methoxy groups -OCH3 is 1. The number of esters is 1. The van der Waals surface area contributed by atoms with Crippen LogP contribution in [0.2, 0.25) is 0 Å². The lowest BCUT2D eigenvalue weighted by Crippen LogP contribution is -2.39. The van der Waals surface area contributed by atoms with Gasteiger partial charge in [-0.25, -0.2) is 0 Å². The van der Waals surface area contributed by atoms with Crippen LogP contribution in [-0.2, 0) is 26.3 Å². The highest BCUT2D eigenvalue weighted by Crippen LogP contribution is 2.32. The minimum Gasteiger partial charge on any atom is -0.481 e. The second-order valence-electron chi connectivity index (χ2n) is 6.00. The van der Waals surface area contributed by atoms with E-state index < -0.39 is 28.7 Å². The van der Waals surface area contributed by atoms with Gasteiger partial charge >= 0.3 is 11.9 Å². The molecule has 0 spiro atoms. The zero-order valence-electron chi connectivity index (χ0n) is 13.4. The summed E-state index contributed by atoms with van der Waals surface area (Å²) < 4.78 is 6.11. The smallest absolute Gasteiger partial charge is 0.316 e. The van der Waals surface area contributed by atoms with Gasteiger partial charge in [0.15, 0.2) is 5.92 Å². The van der Waals surface area contributed by atoms with Gasteiger partial charge in [-0.15, -0.1) is 0 Å². The molecule has 23 heavy (non-hydrogen) atoms. The third-order valence-electron chi connectivity index (χ3n) is 3.81. The zero-order chi connectivity index (χ0) is 17.8. The maximum atomic E-state index is 11.7. The van der Waals surface area contributed by atoms with Crippen LogP contribution in [-0.4, -0.2) is 33.9 Å². The number of ether oxygens (including phenoxy) is 1. The fraction of sp³-hybridized carbons (Fsp3) is 0.533. The van der Waals surface area contributed by atoms with E-state index in [1.807, 2.05) is 0 Å². The minimum atomic E-state index is -1.71. The molecule has 8 heteroatoms. The molecule has 0 fully saturated rings. The normalized spacial score (nSPS) is 13.7. The van der Waals surface area contributed by atoms with Crippen LogP contribution in [0.25, 0.3) is 0 Å². The summed E-state index contributed by atoms with van der Waals surface area (Å²) in [5, 5.41) is 31.6. The summed E-state index contributed by atoms with van der Waals surface area (Å²) >= 11 is 0. The molecule has 0 saturated heterocycles. The standard InChI is InChI=1S/C15H18N4O4/c1-14(2,13(22)23-4)9-19-8-11(7-18-19)15(3,12(20)21)10(5-16)6-17/h7-8,10H,9H2,1-4H3,(H,20,21). The lowest BCUT2D eigenvalue weighted by Gasteiger charge is -2.24. The maximum absolute atomic E-state index is 11.7. The Labute approximate surface area is 133 Å². The number of carboxylic acids is 1. The highest BCUT2D eigenvalue weighted by Gasteiger charge is 2.45. The third-order valence-corrected chi connectivity index (χ3v) is 3.81. The molecule has 0 radical (unpaired) electrons. The molecule has 1 atom stereocenters. The van der Waals surface area contributed by atoms with Crippen molar-refractivity contribution >= 4 is 11.9 Å². The molecule has 1 unspecified atom stereocenters. The van der Waals surface area contributed by atoms with Crippen molar-refractivity contribution in [1.29, 1.82) is 10.5 Å². The molecule has 0 saturated carbocycles. The Morgan fingerprint density at radius 3 is 2.39 bits per heavy atom. The van der Waals surface area contributed by atoms with Gasteiger partial charge in [0.1, 0.15) is 5.41 Å². The number of hydrogen-bond donors (Lipinski definition) is 1. The molecule has 1 aromatic heterocycles. The summed E-state index contributed by atoms with van der Waals surface area (Å²) in [6, 6.07) is 3.41. The summed E-state index contributed by atoms with van der Waals surface area (Å²) in [6.07, 6.45) is 2.73. The van der Waals surface area contributed by atoms with E-state index in [1.54, 1.807) is 26.0 Å². The molecule has 122 valence electrons. The van der Waals surface area contributed by atoms with Gasteiger partial charge in [-0.05, 0) is 20.8 Å². The Bertz CT molecular complexity index is 681. The van der Waals surface area contributed by atoms with E-state index in [4.69, 9.17) is 15.3 Å². The largest absolute Gasteiger partial charge is 0.481 e. The Morgan fingerprint density at radius 1 is 1.39 bits per heavy atom. The topological polar surface area (TPSA) is 129 Å². The van der Waals surface area contributed by atoms with Gasteiger partial charge in [-0.3, -0.25) is 14.3 Å². The Morgan fingerprint density at radius 2 is 1.96 bits per heavy atom. The van der Waals surface area contributed by atoms with Crippen molar-refractivity contribution in [3.8, 4) is 12.1 Å². The quantitative estimate of drug-likeness (QED) is 0.777. The van der Waals surface area contributed by atoms with Crippen molar-refractivity contribution in [2.75, 3.05) is 7.11 Å². The average molecular weight is 318 g/mol. The van der Waals surface area contributed by atoms with Gasteiger partial charge in [0.25, 0.3) is 0 Å². The van der Waals surface area contributed by atoms with Crippen LogP contribution in [0.4, 0.5) is 0 Å². The molecule has 0 aromatic carbocycles. The van der Waals surface area contributed by atoms with Crippen molar-refractivity contribution in [3.05, 3.63) is 18.0 Å². The number of rotatable bonds is 6. The van der Waals surface area contributed by atoms with E-state index in [0.717, 1.165) is 0 Å². The fourth-order valence-electron chi connectivity index (χ4n) is 2.16. The molecule has 0 aliphatic heterocycles. The highest BCUT2D eigenvalue weighted by atomic mass is 16.5. The van der Waals surface area contributed by atoms with E-state index in [1.165, 1.54) is 31.1 Å². The van der Waals surface area contributed by atoms with Crippen LogP contribution in [0.15, 0.2) is 12.4 Å². The van der Waals surface area contributed by atoms with Gasteiger partial charge in [-0.2, -0.15) is 15.6 Å². The van der Waals surface area contributed by atoms with Gasteiger partial charge < -0.3 is 9.84 Å². The van der Waals surface area contributed by atoms with Crippen LogP contribution in [0, 0.1) is 34.0 Å². The first-order chi connectivity index (χ1) is 10.6. The van der Waals surface area contributed by atoms with Crippen LogP contribution in [0.3, 0.4) is 0 Å². The summed E-state index contributed by atoms with van der Waals surface area (Å²) in [5.74, 6) is -3.09. The van der Waals surface area contributed by atoms with E-state index in [9.17, 15) is 14.7 Å². The van der Waals surface area contributed by atoms with Gasteiger partial charge in [0.2, 0.25) is 0 Å². The van der Waals surface area contributed by atoms with Crippen molar-refractivity contribution in [2.24, 2.45) is 11.3 Å². The number of carbonyl (C=O) groups excluding carboxylic acids is 1. The molecule has 0 aliphatic rings. The molecule has 8 nitrogen and oxygen atoms in total. The molecule has 1 rings (SSSR count). The van der Waals surface area contributed by atoms with Crippen LogP contribution in [0.1, 0.15) is 26.3 Å². The van der Waals surface area contributed by atoms with Gasteiger partial charge in [0.05, 0.1) is 37.4 Å². The number of nitrogens with zero attached hydrogens (tertiary/aromatic N) is 4. The number of nitriles is 2. The number of carbonyl (C=O) groups is 2. The average Bonchev–Trinajstić information content (AvgIpc) is 2.95. The summed E-state index contributed by atoms with van der Waals surface area (Å²) in [6.45, 7) is 4.81. The Kier molecular flexibility index (Phi) is 5.13. The SMILES string of the molecule is COC(=O)C(C)(C)Cn1cc(C(C)(C(=O)O)C(C#N)C#N)cn1. The molecular weight excluding hydrogens is 300 g/mol. The molecule has 0 aliphatic carbocycles. The van der Waals surface area contributed by atoms with E-state index in [0.29, 0.717) is 0 Å². The lowest BCUT2D eigenvalue weighted by molar-refractivity contribution is -0.151. The maximum Gasteiger partial charge on any atom is 0.316 e. The predicted octanol–water partition coefficient (Wildman–Crippen LogP) is 1.09. The fourth-order valence-corrected chi connectivity index (χ4v) is 2.16. The minimum absolute atomic E-state index is 0.166. The first-order valence-electron chi connectivity index (χ1n) is 6.77. The van der Waals surface area contributed by atoms with Gasteiger partial charge in [-0.1, -0.05) is 0 Å². The molecular formula is C15H18N4O4. The first kappa shape index (κ1) is 18.2. The predicted molar refractivity (Wildman–Crippen MR) is 77.7 cm³/mol. The van der Waals surface area contributed by atoms with Crippen LogP contribution in [0.5, 0.6) is 0 Å². The van der Waals surface area contributed by atoms with Crippen molar-refractivity contribution in [3.63, 3.8) is 0 Å². The Hall–Kier alpha value is -2.87. The van der Waals surface area contributed by atoms with E-state index >= 15 is 0 Å². The van der Waals surface area contributed by atoms with Crippen LogP contribution >= 0.6 is 0 Å². The lowest BCUT2D eigenvalue weighted by atomic mass is 9.74. The summed E-state index contributed by atoms with van der Waals surface area (Å²) in [5.41, 5.74) is -2.35. The zero-order valence-corrected chi connectivity index (χ0v) is 13.4. The van der Waals surface area contributed by atoms with E-state index in [2.05, 4.69) is 5.10 Å². The second kappa shape index (κ2) is 6.49. The molecule has 1 aromatic rings. The molecule has 1 N–H and O–H groups in total. The second-order valence-corrected chi connectivity index (χ2v) is 6.00. The van der Waals surface area contributed by atoms with Crippen molar-refractivity contribution in [1.82, 2.24) is 9.78 Å². The van der Waals surface area contributed by atoms with Crippen LogP contribution < -0.4 is 0 Å². The Balaban J connectivity index is 3.21. The molecule has 0 bridgehead atoms. The highest BCUT2D eigenvalue weighted by molar-refractivity contribution is 5.82. The third kappa shape index (κ3) is 3.32. The monoisotopic (exact) mass is 318 g/mol. The summed E-state index contributed by atoms with van der Waals surface area (Å²) in [4.78, 5) is 23.3. The van der Waals surface area contributed by atoms with Crippen molar-refractivity contribution < 1.29 is 19.4 Å².